The lowest BCUT2D eigenvalue weighted by atomic mass is 9.97. The topological polar surface area (TPSA) is 21.6 Å². The van der Waals surface area contributed by atoms with Gasteiger partial charge in [-0.3, -0.25) is 4.99 Å². The summed E-state index contributed by atoms with van der Waals surface area (Å²) in [6.07, 6.45) is 5.26. The van der Waals surface area contributed by atoms with E-state index in [1.165, 1.54) is 26.4 Å². The Bertz CT molecular complexity index is 953. The van der Waals surface area contributed by atoms with Crippen LogP contribution < -0.4 is 4.74 Å². The van der Waals surface area contributed by atoms with Gasteiger partial charge in [0.15, 0.2) is 0 Å². The van der Waals surface area contributed by atoms with Gasteiger partial charge in [-0.25, -0.2) is 0 Å². The van der Waals surface area contributed by atoms with Crippen LogP contribution >= 0.6 is 11.3 Å². The van der Waals surface area contributed by atoms with Gasteiger partial charge in [-0.05, 0) is 67.0 Å². The fraction of sp³-hybridized carbons (Fsp3) is 0.174. The molecule has 0 bridgehead atoms. The number of hydrogen-bond acceptors (Lipinski definition) is 3. The molecule has 0 radical (unpaired) electrons. The molecule has 0 amide bonds. The van der Waals surface area contributed by atoms with Crippen LogP contribution in [-0.2, 0) is 13.0 Å². The van der Waals surface area contributed by atoms with Crippen LogP contribution in [0.2, 0.25) is 0 Å². The first-order valence-electron chi connectivity index (χ1n) is 8.87. The van der Waals surface area contributed by atoms with Crippen molar-refractivity contribution in [3.8, 4) is 5.75 Å². The summed E-state index contributed by atoms with van der Waals surface area (Å²) in [5.41, 5.74) is 4.77. The number of allylic oxidation sites excluding steroid dienone is 1. The minimum Gasteiger partial charge on any atom is -0.489 e. The van der Waals surface area contributed by atoms with E-state index < -0.39 is 0 Å². The Kier molecular flexibility index (Phi) is 4.98. The van der Waals surface area contributed by atoms with E-state index >= 15 is 0 Å². The van der Waals surface area contributed by atoms with Crippen molar-refractivity contribution in [2.75, 3.05) is 6.54 Å². The predicted molar refractivity (Wildman–Crippen MR) is 110 cm³/mol. The molecule has 0 saturated carbocycles. The second-order valence-corrected chi connectivity index (χ2v) is 7.71. The van der Waals surface area contributed by atoms with Crippen molar-refractivity contribution in [2.24, 2.45) is 4.99 Å². The minimum atomic E-state index is 0.595. The van der Waals surface area contributed by atoms with Crippen molar-refractivity contribution in [2.45, 2.75) is 20.0 Å². The van der Waals surface area contributed by atoms with Gasteiger partial charge in [-0.15, -0.1) is 11.3 Å². The molecule has 3 aromatic rings. The molecule has 1 aromatic heterocycles. The molecule has 1 aliphatic heterocycles. The van der Waals surface area contributed by atoms with E-state index in [0.717, 1.165) is 24.4 Å². The molecule has 2 nitrogen and oxygen atoms in total. The third kappa shape index (κ3) is 3.94. The van der Waals surface area contributed by atoms with E-state index in [1.807, 2.05) is 24.3 Å². The summed E-state index contributed by atoms with van der Waals surface area (Å²) in [5, 5.41) is 0. The molecule has 2 aromatic carbocycles. The maximum atomic E-state index is 5.97. The largest absolute Gasteiger partial charge is 0.489 e. The van der Waals surface area contributed by atoms with E-state index in [9.17, 15) is 0 Å². The molecule has 0 atom stereocenters. The molecular formula is C23H21NOS. The normalized spacial score (nSPS) is 13.5. The number of benzene rings is 2. The van der Waals surface area contributed by atoms with Gasteiger partial charge in [0.05, 0.1) is 5.71 Å². The van der Waals surface area contributed by atoms with Gasteiger partial charge in [-0.2, -0.15) is 0 Å². The summed E-state index contributed by atoms with van der Waals surface area (Å²) in [6, 6.07) is 20.9. The number of nitrogens with zero attached hydrogens (tertiary/aromatic N) is 1. The molecule has 0 fully saturated rings. The summed E-state index contributed by atoms with van der Waals surface area (Å²) < 4.78 is 5.97. The van der Waals surface area contributed by atoms with Crippen LogP contribution in [0.1, 0.15) is 26.4 Å². The van der Waals surface area contributed by atoms with E-state index in [4.69, 9.17) is 9.73 Å². The molecule has 1 aliphatic rings. The smallest absolute Gasteiger partial charge is 0.120 e. The fourth-order valence-corrected chi connectivity index (χ4v) is 3.87. The van der Waals surface area contributed by atoms with Crippen LogP contribution in [0, 0.1) is 6.92 Å². The number of rotatable bonds is 5. The highest BCUT2D eigenvalue weighted by Gasteiger charge is 2.13. The Morgan fingerprint density at radius 1 is 1.04 bits per heavy atom. The molecule has 2 heterocycles. The van der Waals surface area contributed by atoms with Crippen LogP contribution in [-0.4, -0.2) is 12.3 Å². The van der Waals surface area contributed by atoms with Gasteiger partial charge in [0.1, 0.15) is 12.4 Å². The van der Waals surface area contributed by atoms with Gasteiger partial charge < -0.3 is 4.74 Å². The highest BCUT2D eigenvalue weighted by atomic mass is 32.1. The first-order valence-corrected chi connectivity index (χ1v) is 9.68. The van der Waals surface area contributed by atoms with E-state index in [2.05, 4.69) is 55.5 Å². The molecule has 0 spiro atoms. The maximum Gasteiger partial charge on any atom is 0.120 e. The number of thiophene rings is 1. The highest BCUT2D eigenvalue weighted by Crippen LogP contribution is 2.24. The van der Waals surface area contributed by atoms with Crippen LogP contribution in [0.4, 0.5) is 0 Å². The Hall–Kier alpha value is -2.65. The van der Waals surface area contributed by atoms with Crippen LogP contribution in [0.25, 0.3) is 6.08 Å². The van der Waals surface area contributed by atoms with Crippen molar-refractivity contribution >= 4 is 23.1 Å². The first kappa shape index (κ1) is 16.8. The third-order valence-corrected chi connectivity index (χ3v) is 5.40. The number of aliphatic imine (C=N–C) groups is 1. The summed E-state index contributed by atoms with van der Waals surface area (Å²) >= 11 is 1.80. The standard InChI is InChI=1S/C23H21NOS/c1-17-7-9-21(26-17)10-12-23-22-11-8-20(15-19(22)13-14-24-23)25-16-18-5-3-2-4-6-18/h2-12,15H,13-14,16H2,1H3. The Morgan fingerprint density at radius 2 is 1.92 bits per heavy atom. The van der Waals surface area contributed by atoms with Crippen LogP contribution in [0.5, 0.6) is 5.75 Å². The van der Waals surface area contributed by atoms with Crippen molar-refractivity contribution in [1.82, 2.24) is 0 Å². The molecular weight excluding hydrogens is 338 g/mol. The fourth-order valence-electron chi connectivity index (χ4n) is 3.09. The zero-order valence-electron chi connectivity index (χ0n) is 14.8. The Morgan fingerprint density at radius 3 is 2.73 bits per heavy atom. The molecule has 26 heavy (non-hydrogen) atoms. The van der Waals surface area contributed by atoms with Crippen LogP contribution in [0.3, 0.4) is 0 Å². The predicted octanol–water partition coefficient (Wildman–Crippen LogP) is 5.69. The molecule has 0 saturated heterocycles. The van der Waals surface area contributed by atoms with Gasteiger partial charge >= 0.3 is 0 Å². The molecule has 130 valence electrons. The van der Waals surface area contributed by atoms with Gasteiger partial charge in [0.25, 0.3) is 0 Å². The van der Waals surface area contributed by atoms with Gasteiger partial charge in [0.2, 0.25) is 0 Å². The van der Waals surface area contributed by atoms with Gasteiger partial charge in [-0.1, -0.05) is 30.3 Å². The molecule has 3 heteroatoms. The van der Waals surface area contributed by atoms with E-state index in [-0.39, 0.29) is 0 Å². The lowest BCUT2D eigenvalue weighted by molar-refractivity contribution is 0.306. The Labute approximate surface area is 158 Å². The van der Waals surface area contributed by atoms with Gasteiger partial charge in [0, 0.05) is 21.9 Å². The van der Waals surface area contributed by atoms with Crippen molar-refractivity contribution < 1.29 is 4.74 Å². The molecule has 0 unspecified atom stereocenters. The SMILES string of the molecule is Cc1ccc(C=CC2=NCCc3cc(OCc4ccccc4)ccc32)s1. The average Bonchev–Trinajstić information content (AvgIpc) is 3.10. The number of hydrogen-bond donors (Lipinski definition) is 0. The number of ether oxygens (including phenoxy) is 1. The minimum absolute atomic E-state index is 0.595. The lowest BCUT2D eigenvalue weighted by Crippen LogP contribution is -2.11. The lowest BCUT2D eigenvalue weighted by Gasteiger charge is -2.16. The average molecular weight is 359 g/mol. The molecule has 0 N–H and O–H groups in total. The highest BCUT2D eigenvalue weighted by molar-refractivity contribution is 7.12. The summed E-state index contributed by atoms with van der Waals surface area (Å²) in [6.45, 7) is 3.56. The molecule has 0 aliphatic carbocycles. The summed E-state index contributed by atoms with van der Waals surface area (Å²) in [7, 11) is 0. The van der Waals surface area contributed by atoms with Crippen molar-refractivity contribution in [3.63, 3.8) is 0 Å². The van der Waals surface area contributed by atoms with Crippen LogP contribution in [0.15, 0.2) is 71.7 Å². The quantitative estimate of drug-likeness (QED) is 0.573. The third-order valence-electron chi connectivity index (χ3n) is 4.43. The zero-order valence-corrected chi connectivity index (χ0v) is 15.6. The monoisotopic (exact) mass is 359 g/mol. The second-order valence-electron chi connectivity index (χ2n) is 6.39. The van der Waals surface area contributed by atoms with E-state index in [1.54, 1.807) is 11.3 Å². The summed E-state index contributed by atoms with van der Waals surface area (Å²) in [4.78, 5) is 7.30. The molecule has 4 rings (SSSR count). The zero-order chi connectivity index (χ0) is 17.8. The number of aryl methyl sites for hydroxylation is 1. The Balaban J connectivity index is 1.49. The number of fused-ring (bicyclic) bond motifs is 1. The maximum absolute atomic E-state index is 5.97. The second kappa shape index (κ2) is 7.71. The first-order chi connectivity index (χ1) is 12.8. The van der Waals surface area contributed by atoms with Crippen molar-refractivity contribution in [3.05, 3.63) is 93.2 Å². The van der Waals surface area contributed by atoms with Crippen molar-refractivity contribution in [1.29, 1.82) is 0 Å². The van der Waals surface area contributed by atoms with E-state index in [0.29, 0.717) is 6.61 Å². The summed E-state index contributed by atoms with van der Waals surface area (Å²) in [5.74, 6) is 0.923.